The molecule has 0 spiro atoms. The van der Waals surface area contributed by atoms with Crippen LogP contribution in [-0.2, 0) is 27.2 Å². The Kier molecular flexibility index (Phi) is 7.05. The zero-order valence-electron chi connectivity index (χ0n) is 18.6. The molecule has 0 saturated carbocycles. The van der Waals surface area contributed by atoms with Crippen LogP contribution in [0, 0.1) is 0 Å². The quantitative estimate of drug-likeness (QED) is 0.600. The van der Waals surface area contributed by atoms with Crippen molar-refractivity contribution >= 4 is 17.6 Å². The molecule has 0 aromatic heterocycles. The van der Waals surface area contributed by atoms with Crippen molar-refractivity contribution in [3.8, 4) is 17.2 Å². The zero-order valence-corrected chi connectivity index (χ0v) is 18.6. The third-order valence-corrected chi connectivity index (χ3v) is 5.44. The number of esters is 1. The van der Waals surface area contributed by atoms with Gasteiger partial charge in [-0.05, 0) is 56.0 Å². The molecule has 2 aromatic rings. The normalized spacial score (nSPS) is 15.8. The number of ether oxygens (including phenoxy) is 4. The van der Waals surface area contributed by atoms with E-state index in [0.717, 1.165) is 23.2 Å². The number of hydrogen-bond acceptors (Lipinski definition) is 6. The van der Waals surface area contributed by atoms with Crippen LogP contribution in [0.1, 0.15) is 31.4 Å². The maximum absolute atomic E-state index is 13.0. The first kappa shape index (κ1) is 22.5. The molecular weight excluding hydrogens is 398 g/mol. The first-order valence-corrected chi connectivity index (χ1v) is 10.3. The Balaban J connectivity index is 1.62. The molecule has 1 aliphatic heterocycles. The number of para-hydroxylation sites is 1. The number of nitrogens with zero attached hydrogens (tertiary/aromatic N) is 1. The van der Waals surface area contributed by atoms with E-state index in [4.69, 9.17) is 18.9 Å². The summed E-state index contributed by atoms with van der Waals surface area (Å²) in [6, 6.07) is 11.4. The van der Waals surface area contributed by atoms with Crippen LogP contribution in [0.5, 0.6) is 17.2 Å². The predicted octanol–water partition coefficient (Wildman–Crippen LogP) is 3.55. The molecule has 0 bridgehead atoms. The van der Waals surface area contributed by atoms with Crippen molar-refractivity contribution in [3.05, 3.63) is 47.5 Å². The average molecular weight is 427 g/mol. The van der Waals surface area contributed by atoms with Crippen molar-refractivity contribution in [3.63, 3.8) is 0 Å². The van der Waals surface area contributed by atoms with Crippen LogP contribution >= 0.6 is 0 Å². The standard InChI is InChI=1S/C24H29NO6/c1-15-12-18-8-6-7-9-19(18)25(15)24(27)16(2)31-22(26)11-10-17-13-20(28-3)23(30-5)21(14-17)29-4/h6-9,13-16H,10-12H2,1-5H3/t15-,16+/m0/s1. The van der Waals surface area contributed by atoms with Crippen LogP contribution in [0.2, 0.25) is 0 Å². The van der Waals surface area contributed by atoms with E-state index < -0.39 is 12.1 Å². The lowest BCUT2D eigenvalue weighted by Gasteiger charge is -2.26. The fourth-order valence-corrected chi connectivity index (χ4v) is 3.93. The van der Waals surface area contributed by atoms with Gasteiger partial charge in [-0.3, -0.25) is 9.59 Å². The molecule has 7 nitrogen and oxygen atoms in total. The van der Waals surface area contributed by atoms with Gasteiger partial charge in [-0.1, -0.05) is 18.2 Å². The lowest BCUT2D eigenvalue weighted by molar-refractivity contribution is -0.154. The van der Waals surface area contributed by atoms with Crippen LogP contribution in [0.4, 0.5) is 5.69 Å². The first-order valence-electron chi connectivity index (χ1n) is 10.3. The van der Waals surface area contributed by atoms with Crippen LogP contribution in [0.15, 0.2) is 36.4 Å². The Morgan fingerprint density at radius 2 is 1.71 bits per heavy atom. The lowest BCUT2D eigenvalue weighted by Crippen LogP contribution is -2.43. The van der Waals surface area contributed by atoms with Crippen molar-refractivity contribution in [1.29, 1.82) is 0 Å². The van der Waals surface area contributed by atoms with Crippen LogP contribution in [-0.4, -0.2) is 45.4 Å². The van der Waals surface area contributed by atoms with Gasteiger partial charge in [0.1, 0.15) is 0 Å². The summed E-state index contributed by atoms with van der Waals surface area (Å²) in [7, 11) is 4.62. The number of aryl methyl sites for hydroxylation is 1. The van der Waals surface area contributed by atoms with Crippen LogP contribution in [0.25, 0.3) is 0 Å². The molecule has 7 heteroatoms. The third kappa shape index (κ3) is 4.76. The van der Waals surface area contributed by atoms with Crippen molar-refractivity contribution in [2.75, 3.05) is 26.2 Å². The fourth-order valence-electron chi connectivity index (χ4n) is 3.93. The summed E-state index contributed by atoms with van der Waals surface area (Å²) in [5.41, 5.74) is 2.86. The minimum atomic E-state index is -0.860. The van der Waals surface area contributed by atoms with Gasteiger partial charge in [0.05, 0.1) is 21.3 Å². The number of rotatable bonds is 8. The summed E-state index contributed by atoms with van der Waals surface area (Å²) in [4.78, 5) is 27.1. The topological polar surface area (TPSA) is 74.3 Å². The molecule has 1 amide bonds. The van der Waals surface area contributed by atoms with Crippen LogP contribution in [0.3, 0.4) is 0 Å². The number of carbonyl (C=O) groups is 2. The summed E-state index contributed by atoms with van der Waals surface area (Å²) in [5.74, 6) is 0.898. The third-order valence-electron chi connectivity index (χ3n) is 5.44. The summed E-state index contributed by atoms with van der Waals surface area (Å²) in [6.45, 7) is 3.62. The van der Waals surface area contributed by atoms with E-state index in [2.05, 4.69) is 0 Å². The molecular formula is C24H29NO6. The Bertz CT molecular complexity index is 932. The molecule has 0 aliphatic carbocycles. The van der Waals surface area contributed by atoms with Gasteiger partial charge in [0.2, 0.25) is 5.75 Å². The number of fused-ring (bicyclic) bond motifs is 1. The molecule has 0 N–H and O–H groups in total. The van der Waals surface area contributed by atoms with Gasteiger partial charge in [-0.2, -0.15) is 0 Å². The van der Waals surface area contributed by atoms with Gasteiger partial charge in [-0.15, -0.1) is 0 Å². The van der Waals surface area contributed by atoms with E-state index in [9.17, 15) is 9.59 Å². The van der Waals surface area contributed by atoms with Crippen molar-refractivity contribution in [1.82, 2.24) is 0 Å². The van der Waals surface area contributed by atoms with Crippen molar-refractivity contribution in [2.45, 2.75) is 45.3 Å². The number of carbonyl (C=O) groups excluding carboxylic acids is 2. The number of benzene rings is 2. The van der Waals surface area contributed by atoms with Gasteiger partial charge in [0.15, 0.2) is 17.6 Å². The predicted molar refractivity (Wildman–Crippen MR) is 117 cm³/mol. The highest BCUT2D eigenvalue weighted by atomic mass is 16.5. The van der Waals surface area contributed by atoms with Gasteiger partial charge in [0, 0.05) is 18.2 Å². The number of anilines is 1. The lowest BCUT2D eigenvalue weighted by atomic mass is 10.1. The van der Waals surface area contributed by atoms with E-state index in [1.54, 1.807) is 38.2 Å². The molecule has 31 heavy (non-hydrogen) atoms. The molecule has 1 heterocycles. The van der Waals surface area contributed by atoms with E-state index in [1.165, 1.54) is 7.11 Å². The molecule has 0 unspecified atom stereocenters. The second-order valence-electron chi connectivity index (χ2n) is 7.56. The van der Waals surface area contributed by atoms with Crippen molar-refractivity contribution in [2.24, 2.45) is 0 Å². The Morgan fingerprint density at radius 3 is 2.32 bits per heavy atom. The highest BCUT2D eigenvalue weighted by Crippen LogP contribution is 2.38. The van der Waals surface area contributed by atoms with Gasteiger partial charge >= 0.3 is 5.97 Å². The fraction of sp³-hybridized carbons (Fsp3) is 0.417. The Morgan fingerprint density at radius 1 is 1.06 bits per heavy atom. The molecule has 2 aromatic carbocycles. The van der Waals surface area contributed by atoms with Crippen LogP contribution < -0.4 is 19.1 Å². The Hall–Kier alpha value is -3.22. The molecule has 166 valence electrons. The maximum Gasteiger partial charge on any atom is 0.306 e. The summed E-state index contributed by atoms with van der Waals surface area (Å²) in [6.07, 6.45) is 0.479. The minimum Gasteiger partial charge on any atom is -0.493 e. The zero-order chi connectivity index (χ0) is 22.5. The smallest absolute Gasteiger partial charge is 0.306 e. The largest absolute Gasteiger partial charge is 0.493 e. The highest BCUT2D eigenvalue weighted by molar-refractivity contribution is 5.99. The minimum absolute atomic E-state index is 0.0327. The molecule has 0 radical (unpaired) electrons. The second kappa shape index (κ2) is 9.73. The number of methoxy groups -OCH3 is 3. The average Bonchev–Trinajstić information content (AvgIpc) is 3.11. The van der Waals surface area contributed by atoms with Gasteiger partial charge in [0.25, 0.3) is 5.91 Å². The first-order chi connectivity index (χ1) is 14.9. The van der Waals surface area contributed by atoms with E-state index in [-0.39, 0.29) is 18.4 Å². The molecule has 1 aliphatic rings. The molecule has 3 rings (SSSR count). The maximum atomic E-state index is 13.0. The monoisotopic (exact) mass is 427 g/mol. The summed E-state index contributed by atoms with van der Waals surface area (Å²) >= 11 is 0. The van der Waals surface area contributed by atoms with E-state index in [0.29, 0.717) is 23.7 Å². The van der Waals surface area contributed by atoms with E-state index >= 15 is 0 Å². The van der Waals surface area contributed by atoms with Gasteiger partial charge < -0.3 is 23.8 Å². The Labute approximate surface area is 182 Å². The van der Waals surface area contributed by atoms with Gasteiger partial charge in [-0.25, -0.2) is 0 Å². The highest BCUT2D eigenvalue weighted by Gasteiger charge is 2.34. The summed E-state index contributed by atoms with van der Waals surface area (Å²) in [5, 5.41) is 0. The second-order valence-corrected chi connectivity index (χ2v) is 7.56. The molecule has 2 atom stereocenters. The number of hydrogen-bond donors (Lipinski definition) is 0. The molecule has 0 saturated heterocycles. The van der Waals surface area contributed by atoms with Crippen molar-refractivity contribution < 1.29 is 28.5 Å². The molecule has 0 fully saturated rings. The van der Waals surface area contributed by atoms with E-state index in [1.807, 2.05) is 31.2 Å². The summed E-state index contributed by atoms with van der Waals surface area (Å²) < 4.78 is 21.5. The SMILES string of the molecule is COc1cc(CCC(=O)O[C@H](C)C(=O)N2c3ccccc3C[C@@H]2C)cc(OC)c1OC. The number of amides is 1.